The molecule has 0 spiro atoms. The first kappa shape index (κ1) is 13.9. The van der Waals surface area contributed by atoms with Crippen LogP contribution < -0.4 is 5.32 Å². The first-order valence-corrected chi connectivity index (χ1v) is 5.48. The molecule has 0 aromatic rings. The van der Waals surface area contributed by atoms with E-state index in [9.17, 15) is 9.59 Å². The van der Waals surface area contributed by atoms with Crippen molar-refractivity contribution in [1.29, 1.82) is 0 Å². The van der Waals surface area contributed by atoms with Crippen LogP contribution in [0.4, 0.5) is 0 Å². The zero-order valence-corrected chi connectivity index (χ0v) is 9.75. The van der Waals surface area contributed by atoms with Crippen molar-refractivity contribution in [3.63, 3.8) is 0 Å². The molecule has 88 valence electrons. The normalized spacial score (nSPS) is 14.3. The van der Waals surface area contributed by atoms with E-state index < -0.39 is 5.97 Å². The minimum atomic E-state index is -0.849. The summed E-state index contributed by atoms with van der Waals surface area (Å²) in [5.74, 6) is -0.449. The largest absolute Gasteiger partial charge is 0.481 e. The lowest BCUT2D eigenvalue weighted by Crippen LogP contribution is -2.36. The Kier molecular flexibility index (Phi) is 6.75. The van der Waals surface area contributed by atoms with E-state index >= 15 is 0 Å². The summed E-state index contributed by atoms with van der Waals surface area (Å²) in [6.07, 6.45) is 1.79. The molecule has 2 atom stereocenters. The van der Waals surface area contributed by atoms with Gasteiger partial charge in [0.25, 0.3) is 0 Å². The molecule has 0 saturated heterocycles. The molecular weight excluding hydrogens is 194 g/mol. The summed E-state index contributed by atoms with van der Waals surface area (Å²) >= 11 is 0. The number of rotatable bonds is 7. The van der Waals surface area contributed by atoms with E-state index in [1.165, 1.54) is 0 Å². The first-order chi connectivity index (χ1) is 6.97. The zero-order chi connectivity index (χ0) is 11.8. The number of aliphatic carboxylic acids is 1. The Hall–Kier alpha value is -1.06. The third-order valence-corrected chi connectivity index (χ3v) is 2.68. The molecule has 0 fully saturated rings. The van der Waals surface area contributed by atoms with Crippen molar-refractivity contribution < 1.29 is 14.7 Å². The summed E-state index contributed by atoms with van der Waals surface area (Å²) in [7, 11) is 0. The van der Waals surface area contributed by atoms with Gasteiger partial charge in [0.15, 0.2) is 0 Å². The predicted molar refractivity (Wildman–Crippen MR) is 58.5 cm³/mol. The van der Waals surface area contributed by atoms with Gasteiger partial charge in [0, 0.05) is 18.9 Å². The maximum Gasteiger partial charge on any atom is 0.303 e. The van der Waals surface area contributed by atoms with Crippen LogP contribution in [-0.4, -0.2) is 23.0 Å². The Balaban J connectivity index is 3.69. The van der Waals surface area contributed by atoms with E-state index in [0.29, 0.717) is 18.8 Å². The molecule has 0 rings (SSSR count). The molecule has 0 radical (unpaired) electrons. The number of carbonyl (C=O) groups is 2. The van der Waals surface area contributed by atoms with Crippen LogP contribution in [0.3, 0.4) is 0 Å². The van der Waals surface area contributed by atoms with Crippen molar-refractivity contribution in [1.82, 2.24) is 5.32 Å². The van der Waals surface area contributed by atoms with Gasteiger partial charge in [-0.05, 0) is 19.3 Å². The fourth-order valence-electron chi connectivity index (χ4n) is 1.22. The summed E-state index contributed by atoms with van der Waals surface area (Å²) in [5.41, 5.74) is 0. The van der Waals surface area contributed by atoms with Crippen LogP contribution in [0.15, 0.2) is 0 Å². The summed E-state index contributed by atoms with van der Waals surface area (Å²) in [5, 5.41) is 11.3. The molecule has 0 saturated carbocycles. The third-order valence-electron chi connectivity index (χ3n) is 2.68. The van der Waals surface area contributed by atoms with Crippen LogP contribution in [0.5, 0.6) is 0 Å². The summed E-state index contributed by atoms with van der Waals surface area (Å²) in [6.45, 7) is 6.14. The Labute approximate surface area is 91.1 Å². The lowest BCUT2D eigenvalue weighted by Gasteiger charge is -2.19. The number of carboxylic acid groups (broad SMARTS) is 1. The molecule has 0 aromatic heterocycles. The van der Waals surface area contributed by atoms with Crippen LogP contribution >= 0.6 is 0 Å². The Morgan fingerprint density at radius 3 is 2.33 bits per heavy atom. The average Bonchev–Trinajstić information content (AvgIpc) is 2.15. The molecule has 1 amide bonds. The van der Waals surface area contributed by atoms with Crippen LogP contribution in [0, 0.1) is 5.92 Å². The van der Waals surface area contributed by atoms with Crippen molar-refractivity contribution >= 4 is 11.9 Å². The highest BCUT2D eigenvalue weighted by Crippen LogP contribution is 2.07. The van der Waals surface area contributed by atoms with Crippen LogP contribution in [0.1, 0.15) is 46.5 Å². The van der Waals surface area contributed by atoms with Gasteiger partial charge >= 0.3 is 5.97 Å². The summed E-state index contributed by atoms with van der Waals surface area (Å²) in [4.78, 5) is 21.6. The molecular formula is C11H21NO3. The minimum Gasteiger partial charge on any atom is -0.481 e. The molecule has 0 heterocycles. The van der Waals surface area contributed by atoms with E-state index in [1.54, 1.807) is 0 Å². The molecule has 4 nitrogen and oxygen atoms in total. The average molecular weight is 215 g/mol. The number of carbonyl (C=O) groups excluding carboxylic acids is 1. The predicted octanol–water partition coefficient (Wildman–Crippen LogP) is 1.79. The number of amides is 1. The highest BCUT2D eigenvalue weighted by atomic mass is 16.4. The fourth-order valence-corrected chi connectivity index (χ4v) is 1.22. The highest BCUT2D eigenvalue weighted by molar-refractivity contribution is 5.77. The molecule has 4 heteroatoms. The molecule has 1 unspecified atom stereocenters. The number of hydrogen-bond acceptors (Lipinski definition) is 2. The Morgan fingerprint density at radius 1 is 1.27 bits per heavy atom. The second-order valence-corrected chi connectivity index (χ2v) is 3.99. The molecule has 0 aliphatic carbocycles. The second kappa shape index (κ2) is 7.26. The Morgan fingerprint density at radius 2 is 1.87 bits per heavy atom. The van der Waals surface area contributed by atoms with Gasteiger partial charge in [-0.15, -0.1) is 0 Å². The fraction of sp³-hybridized carbons (Fsp3) is 0.818. The van der Waals surface area contributed by atoms with Gasteiger partial charge < -0.3 is 10.4 Å². The van der Waals surface area contributed by atoms with Gasteiger partial charge in [0.2, 0.25) is 5.91 Å². The standard InChI is InChI=1S/C11H21NO3/c1-4-8(2)9(3)12-10(13)6-5-7-11(14)15/h8-9H,4-7H2,1-3H3,(H,12,13)(H,14,15)/t8-,9?/m1/s1. The van der Waals surface area contributed by atoms with Gasteiger partial charge in [-0.3, -0.25) is 9.59 Å². The van der Waals surface area contributed by atoms with Crippen molar-refractivity contribution in [3.05, 3.63) is 0 Å². The quantitative estimate of drug-likeness (QED) is 0.680. The van der Waals surface area contributed by atoms with E-state index in [0.717, 1.165) is 6.42 Å². The molecule has 0 bridgehead atoms. The lowest BCUT2D eigenvalue weighted by molar-refractivity contribution is -0.137. The monoisotopic (exact) mass is 215 g/mol. The van der Waals surface area contributed by atoms with Crippen molar-refractivity contribution in [2.45, 2.75) is 52.5 Å². The molecule has 0 aromatic carbocycles. The van der Waals surface area contributed by atoms with E-state index in [-0.39, 0.29) is 18.4 Å². The minimum absolute atomic E-state index is 0.0518. The highest BCUT2D eigenvalue weighted by Gasteiger charge is 2.12. The van der Waals surface area contributed by atoms with Crippen molar-refractivity contribution in [3.8, 4) is 0 Å². The molecule has 0 aliphatic heterocycles. The van der Waals surface area contributed by atoms with Crippen molar-refractivity contribution in [2.75, 3.05) is 0 Å². The van der Waals surface area contributed by atoms with Crippen LogP contribution in [0.25, 0.3) is 0 Å². The second-order valence-electron chi connectivity index (χ2n) is 3.99. The first-order valence-electron chi connectivity index (χ1n) is 5.48. The lowest BCUT2D eigenvalue weighted by atomic mass is 10.0. The van der Waals surface area contributed by atoms with Gasteiger partial charge in [-0.2, -0.15) is 0 Å². The number of hydrogen-bond donors (Lipinski definition) is 2. The van der Waals surface area contributed by atoms with E-state index in [4.69, 9.17) is 5.11 Å². The van der Waals surface area contributed by atoms with Gasteiger partial charge in [-0.25, -0.2) is 0 Å². The summed E-state index contributed by atoms with van der Waals surface area (Å²) < 4.78 is 0. The SMILES string of the molecule is CC[C@@H](C)C(C)NC(=O)CCCC(=O)O. The maximum absolute atomic E-state index is 11.4. The summed E-state index contributed by atoms with van der Waals surface area (Å²) in [6, 6.07) is 0.160. The molecule has 0 aliphatic rings. The van der Waals surface area contributed by atoms with E-state index in [1.807, 2.05) is 6.92 Å². The van der Waals surface area contributed by atoms with Crippen LogP contribution in [0.2, 0.25) is 0 Å². The Bertz CT molecular complexity index is 216. The van der Waals surface area contributed by atoms with Crippen LogP contribution in [-0.2, 0) is 9.59 Å². The molecule has 2 N–H and O–H groups in total. The maximum atomic E-state index is 11.4. The third kappa shape index (κ3) is 6.94. The zero-order valence-electron chi connectivity index (χ0n) is 9.75. The van der Waals surface area contributed by atoms with Gasteiger partial charge in [-0.1, -0.05) is 20.3 Å². The van der Waals surface area contributed by atoms with Crippen molar-refractivity contribution in [2.24, 2.45) is 5.92 Å². The number of carboxylic acids is 1. The van der Waals surface area contributed by atoms with Gasteiger partial charge in [0.05, 0.1) is 0 Å². The molecule has 15 heavy (non-hydrogen) atoms. The smallest absolute Gasteiger partial charge is 0.303 e. The topological polar surface area (TPSA) is 66.4 Å². The number of nitrogens with one attached hydrogen (secondary N) is 1. The van der Waals surface area contributed by atoms with E-state index in [2.05, 4.69) is 19.2 Å². The van der Waals surface area contributed by atoms with Gasteiger partial charge in [0.1, 0.15) is 0 Å².